The van der Waals surface area contributed by atoms with Crippen molar-refractivity contribution in [3.63, 3.8) is 0 Å². The van der Waals surface area contributed by atoms with Gasteiger partial charge in [-0.15, -0.1) is 0 Å². The Morgan fingerprint density at radius 2 is 1.94 bits per heavy atom. The zero-order valence-corrected chi connectivity index (χ0v) is 10.1. The Bertz CT molecular complexity index is 550. The van der Waals surface area contributed by atoms with E-state index in [0.29, 0.717) is 12.0 Å². The number of benzene rings is 1. The van der Waals surface area contributed by atoms with Crippen LogP contribution < -0.4 is 0 Å². The van der Waals surface area contributed by atoms with E-state index >= 15 is 0 Å². The third kappa shape index (κ3) is 2.91. The number of rotatable bonds is 4. The molecule has 1 N–H and O–H groups in total. The van der Waals surface area contributed by atoms with Crippen LogP contribution in [0, 0.1) is 6.92 Å². The molecule has 2 aromatic rings. The van der Waals surface area contributed by atoms with Crippen LogP contribution in [0.15, 0.2) is 36.8 Å². The van der Waals surface area contributed by atoms with Crippen LogP contribution in [0.3, 0.4) is 0 Å². The normalized spacial score (nSPS) is 10.3. The van der Waals surface area contributed by atoms with Crippen LogP contribution in [0.2, 0.25) is 0 Å². The quantitative estimate of drug-likeness (QED) is 0.893. The number of nitrogens with zero attached hydrogens (tertiary/aromatic N) is 2. The van der Waals surface area contributed by atoms with Gasteiger partial charge in [-0.05, 0) is 25.3 Å². The summed E-state index contributed by atoms with van der Waals surface area (Å²) in [6, 6.07) is 8.21. The Balaban J connectivity index is 2.10. The predicted molar refractivity (Wildman–Crippen MR) is 67.6 cm³/mol. The monoisotopic (exact) mass is 242 g/mol. The van der Waals surface area contributed by atoms with Gasteiger partial charge >= 0.3 is 5.97 Å². The summed E-state index contributed by atoms with van der Waals surface area (Å²) in [6.45, 7) is 2.04. The Kier molecular flexibility index (Phi) is 3.67. The topological polar surface area (TPSA) is 63.1 Å². The average molecular weight is 242 g/mol. The summed E-state index contributed by atoms with van der Waals surface area (Å²) in [5.74, 6) is -1.00. The fourth-order valence-corrected chi connectivity index (χ4v) is 1.77. The molecule has 0 aliphatic heterocycles. The molecule has 1 heterocycles. The van der Waals surface area contributed by atoms with E-state index in [1.807, 2.05) is 6.92 Å². The molecule has 0 atom stereocenters. The smallest absolute Gasteiger partial charge is 0.354 e. The third-order valence-electron chi connectivity index (χ3n) is 2.79. The molecule has 2 rings (SSSR count). The van der Waals surface area contributed by atoms with Crippen molar-refractivity contribution in [2.45, 2.75) is 19.8 Å². The van der Waals surface area contributed by atoms with Gasteiger partial charge in [-0.1, -0.05) is 29.8 Å². The summed E-state index contributed by atoms with van der Waals surface area (Å²) in [5.41, 5.74) is 3.16. The van der Waals surface area contributed by atoms with Crippen LogP contribution in [0.25, 0.3) is 0 Å². The van der Waals surface area contributed by atoms with Crippen LogP contribution in [-0.2, 0) is 12.8 Å². The second kappa shape index (κ2) is 5.40. The summed E-state index contributed by atoms with van der Waals surface area (Å²) in [4.78, 5) is 18.7. The molecule has 0 aliphatic carbocycles. The fourth-order valence-electron chi connectivity index (χ4n) is 1.77. The highest BCUT2D eigenvalue weighted by molar-refractivity contribution is 5.86. The third-order valence-corrected chi connectivity index (χ3v) is 2.79. The Morgan fingerprint density at radius 1 is 1.22 bits per heavy atom. The van der Waals surface area contributed by atoms with Gasteiger partial charge in [0.05, 0.1) is 0 Å². The number of hydrogen-bond donors (Lipinski definition) is 1. The summed E-state index contributed by atoms with van der Waals surface area (Å²) >= 11 is 0. The zero-order valence-electron chi connectivity index (χ0n) is 10.1. The van der Waals surface area contributed by atoms with E-state index in [1.54, 1.807) is 6.20 Å². The lowest BCUT2D eigenvalue weighted by Crippen LogP contribution is -2.07. The molecule has 92 valence electrons. The molecule has 0 saturated heterocycles. The van der Waals surface area contributed by atoms with Crippen LogP contribution in [-0.4, -0.2) is 21.0 Å². The standard InChI is InChI=1S/C14H14N2O2/c1-10-2-4-11(5-3-10)6-7-12-8-15-9-16-13(12)14(17)18/h2-5,8-9H,6-7H2,1H3,(H,17,18). The minimum Gasteiger partial charge on any atom is -0.477 e. The van der Waals surface area contributed by atoms with Crippen LogP contribution in [0.5, 0.6) is 0 Å². The molecule has 0 fully saturated rings. The number of aryl methyl sites for hydroxylation is 3. The van der Waals surface area contributed by atoms with Gasteiger partial charge in [0.2, 0.25) is 0 Å². The van der Waals surface area contributed by atoms with E-state index in [9.17, 15) is 4.79 Å². The molecule has 0 unspecified atom stereocenters. The molecule has 0 bridgehead atoms. The molecule has 0 amide bonds. The minimum absolute atomic E-state index is 0.0945. The highest BCUT2D eigenvalue weighted by Crippen LogP contribution is 2.10. The number of carboxylic acid groups (broad SMARTS) is 1. The lowest BCUT2D eigenvalue weighted by molar-refractivity contribution is 0.0689. The van der Waals surface area contributed by atoms with Crippen molar-refractivity contribution >= 4 is 5.97 Å². The van der Waals surface area contributed by atoms with E-state index in [0.717, 1.165) is 6.42 Å². The highest BCUT2D eigenvalue weighted by atomic mass is 16.4. The van der Waals surface area contributed by atoms with E-state index in [2.05, 4.69) is 34.2 Å². The van der Waals surface area contributed by atoms with Gasteiger partial charge in [0.15, 0.2) is 5.69 Å². The van der Waals surface area contributed by atoms with Gasteiger partial charge in [-0.25, -0.2) is 14.8 Å². The number of hydrogen-bond acceptors (Lipinski definition) is 3. The van der Waals surface area contributed by atoms with Crippen molar-refractivity contribution in [3.8, 4) is 0 Å². The lowest BCUT2D eigenvalue weighted by Gasteiger charge is -2.04. The molecule has 4 nitrogen and oxygen atoms in total. The molecule has 1 aromatic carbocycles. The average Bonchev–Trinajstić information content (AvgIpc) is 2.38. The molecular formula is C14H14N2O2. The Hall–Kier alpha value is -2.23. The van der Waals surface area contributed by atoms with E-state index in [1.165, 1.54) is 17.5 Å². The number of aromatic carboxylic acids is 1. The molecule has 0 radical (unpaired) electrons. The molecule has 0 aliphatic rings. The molecular weight excluding hydrogens is 228 g/mol. The second-order valence-corrected chi connectivity index (χ2v) is 4.19. The Labute approximate surface area is 105 Å². The van der Waals surface area contributed by atoms with Gasteiger partial charge in [0.1, 0.15) is 6.33 Å². The summed E-state index contributed by atoms with van der Waals surface area (Å²) in [5, 5.41) is 9.01. The van der Waals surface area contributed by atoms with Crippen LogP contribution in [0.4, 0.5) is 0 Å². The second-order valence-electron chi connectivity index (χ2n) is 4.19. The number of aromatic nitrogens is 2. The van der Waals surface area contributed by atoms with E-state index < -0.39 is 5.97 Å². The van der Waals surface area contributed by atoms with Gasteiger partial charge in [0.25, 0.3) is 0 Å². The van der Waals surface area contributed by atoms with Crippen LogP contribution in [0.1, 0.15) is 27.2 Å². The van der Waals surface area contributed by atoms with Crippen molar-refractivity contribution in [2.75, 3.05) is 0 Å². The number of carbonyl (C=O) groups is 1. The Morgan fingerprint density at radius 3 is 2.61 bits per heavy atom. The first kappa shape index (κ1) is 12.2. The van der Waals surface area contributed by atoms with Crippen molar-refractivity contribution in [1.82, 2.24) is 9.97 Å². The van der Waals surface area contributed by atoms with Crippen molar-refractivity contribution in [3.05, 3.63) is 59.2 Å². The molecule has 0 spiro atoms. The maximum Gasteiger partial charge on any atom is 0.354 e. The number of carboxylic acids is 1. The highest BCUT2D eigenvalue weighted by Gasteiger charge is 2.11. The molecule has 0 saturated carbocycles. The summed E-state index contributed by atoms with van der Waals surface area (Å²) < 4.78 is 0. The van der Waals surface area contributed by atoms with Crippen molar-refractivity contribution in [2.24, 2.45) is 0 Å². The largest absolute Gasteiger partial charge is 0.477 e. The minimum atomic E-state index is -1.00. The van der Waals surface area contributed by atoms with Gasteiger partial charge in [-0.2, -0.15) is 0 Å². The van der Waals surface area contributed by atoms with Gasteiger partial charge in [0, 0.05) is 11.8 Å². The summed E-state index contributed by atoms with van der Waals surface area (Å²) in [7, 11) is 0. The molecule has 4 heteroatoms. The fraction of sp³-hybridized carbons (Fsp3) is 0.214. The first-order valence-corrected chi connectivity index (χ1v) is 5.74. The van der Waals surface area contributed by atoms with Crippen LogP contribution >= 0.6 is 0 Å². The predicted octanol–water partition coefficient (Wildman–Crippen LogP) is 2.27. The summed E-state index contributed by atoms with van der Waals surface area (Å²) in [6.07, 6.45) is 4.25. The maximum atomic E-state index is 11.0. The molecule has 18 heavy (non-hydrogen) atoms. The molecule has 1 aromatic heterocycles. The lowest BCUT2D eigenvalue weighted by atomic mass is 10.0. The first-order chi connectivity index (χ1) is 8.66. The zero-order chi connectivity index (χ0) is 13.0. The van der Waals surface area contributed by atoms with Crippen molar-refractivity contribution < 1.29 is 9.90 Å². The van der Waals surface area contributed by atoms with E-state index in [-0.39, 0.29) is 5.69 Å². The van der Waals surface area contributed by atoms with Crippen molar-refractivity contribution in [1.29, 1.82) is 0 Å². The van der Waals surface area contributed by atoms with Gasteiger partial charge < -0.3 is 5.11 Å². The maximum absolute atomic E-state index is 11.0. The van der Waals surface area contributed by atoms with E-state index in [4.69, 9.17) is 5.11 Å². The van der Waals surface area contributed by atoms with Gasteiger partial charge in [-0.3, -0.25) is 0 Å². The first-order valence-electron chi connectivity index (χ1n) is 5.74. The SMILES string of the molecule is Cc1ccc(CCc2cncnc2C(=O)O)cc1.